The first kappa shape index (κ1) is 17.6. The number of ether oxygens (including phenoxy) is 2. The molecule has 0 saturated carbocycles. The predicted octanol–water partition coefficient (Wildman–Crippen LogP) is 2.62. The Morgan fingerprint density at radius 3 is 2.76 bits per heavy atom. The molecule has 136 valence electrons. The van der Waals surface area contributed by atoms with Crippen LogP contribution in [0.15, 0.2) is 22.2 Å². The lowest BCUT2D eigenvalue weighted by Crippen LogP contribution is -2.58. The normalized spacial score (nSPS) is 26.1. The van der Waals surface area contributed by atoms with Crippen molar-refractivity contribution in [1.29, 1.82) is 0 Å². The highest BCUT2D eigenvalue weighted by Crippen LogP contribution is 2.25. The molecule has 1 spiro atoms. The summed E-state index contributed by atoms with van der Waals surface area (Å²) in [6.45, 7) is 9.92. The van der Waals surface area contributed by atoms with Gasteiger partial charge in [0.15, 0.2) is 0 Å². The second kappa shape index (κ2) is 7.82. The van der Waals surface area contributed by atoms with E-state index in [0.717, 1.165) is 63.2 Å². The number of rotatable bonds is 4. The Bertz CT molecular complexity index is 676. The number of hydrogen-bond donors (Lipinski definition) is 0. The topological polar surface area (TPSA) is 37.8 Å². The minimum absolute atomic E-state index is 0.226. The van der Waals surface area contributed by atoms with E-state index in [1.165, 1.54) is 5.56 Å². The largest absolute Gasteiger partial charge is 0.377 e. The molecule has 0 amide bonds. The van der Waals surface area contributed by atoms with Gasteiger partial charge < -0.3 is 9.47 Å². The molecule has 5 nitrogen and oxygen atoms in total. The van der Waals surface area contributed by atoms with Crippen LogP contribution in [0.4, 0.5) is 0 Å². The van der Waals surface area contributed by atoms with Crippen LogP contribution in [-0.4, -0.2) is 66.4 Å². The predicted molar refractivity (Wildman–Crippen MR) is 101 cm³/mol. The summed E-state index contributed by atoms with van der Waals surface area (Å²) in [5.74, 6) is 0. The first-order valence-corrected chi connectivity index (χ1v) is 10.6. The van der Waals surface area contributed by atoms with Crippen molar-refractivity contribution in [2.24, 2.45) is 0 Å². The van der Waals surface area contributed by atoms with Crippen LogP contribution in [0, 0.1) is 6.92 Å². The van der Waals surface area contributed by atoms with Gasteiger partial charge >= 0.3 is 0 Å². The van der Waals surface area contributed by atoms with Crippen LogP contribution < -0.4 is 0 Å². The van der Waals surface area contributed by atoms with E-state index in [0.29, 0.717) is 6.61 Å². The minimum atomic E-state index is -0.226. The summed E-state index contributed by atoms with van der Waals surface area (Å²) in [5.41, 5.74) is 2.33. The number of morpholine rings is 1. The average molecular weight is 380 g/mol. The molecule has 0 bridgehead atoms. The Kier molecular flexibility index (Phi) is 5.50. The van der Waals surface area contributed by atoms with Gasteiger partial charge in [-0.1, -0.05) is 0 Å². The maximum absolute atomic E-state index is 6.29. The zero-order valence-electron chi connectivity index (χ0n) is 14.6. The smallest absolute Gasteiger partial charge is 0.117 e. The lowest BCUT2D eigenvalue weighted by molar-refractivity contribution is -0.143. The SMILES string of the molecule is Cc1nc(CN2CCOCC3(CN(Cc4ccsc4)CCO3)C2)cs1. The molecular weight excluding hydrogens is 354 g/mol. The summed E-state index contributed by atoms with van der Waals surface area (Å²) in [6.07, 6.45) is 0. The van der Waals surface area contributed by atoms with Crippen molar-refractivity contribution in [3.8, 4) is 0 Å². The molecule has 2 fully saturated rings. The Morgan fingerprint density at radius 1 is 1.16 bits per heavy atom. The van der Waals surface area contributed by atoms with E-state index in [9.17, 15) is 0 Å². The van der Waals surface area contributed by atoms with E-state index >= 15 is 0 Å². The van der Waals surface area contributed by atoms with Gasteiger partial charge in [0.25, 0.3) is 0 Å². The maximum atomic E-state index is 6.29. The molecule has 2 saturated heterocycles. The van der Waals surface area contributed by atoms with Crippen molar-refractivity contribution in [3.63, 3.8) is 0 Å². The van der Waals surface area contributed by atoms with Crippen molar-refractivity contribution in [2.45, 2.75) is 25.6 Å². The average Bonchev–Trinajstić information content (AvgIpc) is 3.19. The zero-order valence-corrected chi connectivity index (χ0v) is 16.3. The third-order valence-electron chi connectivity index (χ3n) is 4.79. The first-order chi connectivity index (χ1) is 12.2. The van der Waals surface area contributed by atoms with Gasteiger partial charge in [-0.25, -0.2) is 4.98 Å². The van der Waals surface area contributed by atoms with Crippen LogP contribution in [0.5, 0.6) is 0 Å². The van der Waals surface area contributed by atoms with Gasteiger partial charge in [-0.2, -0.15) is 11.3 Å². The summed E-state index contributed by atoms with van der Waals surface area (Å²) in [7, 11) is 0. The van der Waals surface area contributed by atoms with Crippen molar-refractivity contribution >= 4 is 22.7 Å². The highest BCUT2D eigenvalue weighted by Gasteiger charge is 2.40. The van der Waals surface area contributed by atoms with Crippen LogP contribution in [-0.2, 0) is 22.6 Å². The molecule has 0 aromatic carbocycles. The molecule has 2 aromatic heterocycles. The van der Waals surface area contributed by atoms with Crippen LogP contribution in [0.25, 0.3) is 0 Å². The number of nitrogens with zero attached hydrogens (tertiary/aromatic N) is 3. The van der Waals surface area contributed by atoms with Gasteiger partial charge in [-0.15, -0.1) is 11.3 Å². The Hall–Kier alpha value is -0.830. The van der Waals surface area contributed by atoms with E-state index in [4.69, 9.17) is 9.47 Å². The van der Waals surface area contributed by atoms with Crippen LogP contribution in [0.1, 0.15) is 16.3 Å². The molecule has 0 radical (unpaired) electrons. The maximum Gasteiger partial charge on any atom is 0.117 e. The first-order valence-electron chi connectivity index (χ1n) is 8.79. The van der Waals surface area contributed by atoms with E-state index < -0.39 is 0 Å². The number of aryl methyl sites for hydroxylation is 1. The van der Waals surface area contributed by atoms with Gasteiger partial charge in [0.2, 0.25) is 0 Å². The molecule has 2 aliphatic heterocycles. The third kappa shape index (κ3) is 4.48. The molecule has 0 aliphatic carbocycles. The van der Waals surface area contributed by atoms with Crippen molar-refractivity contribution < 1.29 is 9.47 Å². The second-order valence-electron chi connectivity index (χ2n) is 6.99. The monoisotopic (exact) mass is 379 g/mol. The molecule has 4 heterocycles. The fourth-order valence-electron chi connectivity index (χ4n) is 3.71. The van der Waals surface area contributed by atoms with Gasteiger partial charge in [-0.05, 0) is 29.3 Å². The highest BCUT2D eigenvalue weighted by atomic mass is 32.1. The lowest BCUT2D eigenvalue weighted by Gasteiger charge is -2.43. The van der Waals surface area contributed by atoms with Crippen LogP contribution >= 0.6 is 22.7 Å². The standard InChI is InChI=1S/C18H25N3O2S2/c1-15-19-17(11-25-15)9-21-3-5-22-14-18(13-21)12-20(4-6-23-18)8-16-2-7-24-10-16/h2,7,10-11H,3-6,8-9,12-14H2,1H3. The van der Waals surface area contributed by atoms with Crippen molar-refractivity contribution in [3.05, 3.63) is 38.5 Å². The van der Waals surface area contributed by atoms with Gasteiger partial charge in [-0.3, -0.25) is 9.80 Å². The minimum Gasteiger partial charge on any atom is -0.377 e. The molecular formula is C18H25N3O2S2. The number of hydrogen-bond acceptors (Lipinski definition) is 7. The highest BCUT2D eigenvalue weighted by molar-refractivity contribution is 7.09. The summed E-state index contributed by atoms with van der Waals surface area (Å²) < 4.78 is 12.2. The Labute approximate surface area is 157 Å². The van der Waals surface area contributed by atoms with E-state index in [1.807, 2.05) is 0 Å². The molecule has 0 N–H and O–H groups in total. The summed E-state index contributed by atoms with van der Waals surface area (Å²) in [6, 6.07) is 2.22. The fourth-order valence-corrected chi connectivity index (χ4v) is 4.97. The molecule has 7 heteroatoms. The third-order valence-corrected chi connectivity index (χ3v) is 6.35. The summed E-state index contributed by atoms with van der Waals surface area (Å²) >= 11 is 3.49. The molecule has 4 rings (SSSR count). The van der Waals surface area contributed by atoms with Crippen molar-refractivity contribution in [1.82, 2.24) is 14.8 Å². The Morgan fingerprint density at radius 2 is 2.00 bits per heavy atom. The molecule has 1 unspecified atom stereocenters. The molecule has 2 aliphatic rings. The van der Waals surface area contributed by atoms with Gasteiger partial charge in [0.1, 0.15) is 5.60 Å². The van der Waals surface area contributed by atoms with Crippen LogP contribution in [0.2, 0.25) is 0 Å². The fraction of sp³-hybridized carbons (Fsp3) is 0.611. The van der Waals surface area contributed by atoms with Crippen molar-refractivity contribution in [2.75, 3.05) is 46.0 Å². The lowest BCUT2D eigenvalue weighted by atomic mass is 10.0. The van der Waals surface area contributed by atoms with Gasteiger partial charge in [0.05, 0.1) is 30.5 Å². The number of thiophene rings is 1. The van der Waals surface area contributed by atoms with Gasteiger partial charge in [0, 0.05) is 44.6 Å². The zero-order chi connectivity index (χ0) is 17.1. The summed E-state index contributed by atoms with van der Waals surface area (Å²) in [4.78, 5) is 9.57. The molecule has 25 heavy (non-hydrogen) atoms. The Balaban J connectivity index is 1.43. The number of aromatic nitrogens is 1. The molecule has 1 atom stereocenters. The van der Waals surface area contributed by atoms with E-state index in [1.54, 1.807) is 22.7 Å². The second-order valence-corrected chi connectivity index (χ2v) is 8.84. The number of thiazole rings is 1. The van der Waals surface area contributed by atoms with E-state index in [2.05, 4.69) is 43.9 Å². The van der Waals surface area contributed by atoms with Crippen LogP contribution in [0.3, 0.4) is 0 Å². The summed E-state index contributed by atoms with van der Waals surface area (Å²) in [5, 5.41) is 7.69. The quantitative estimate of drug-likeness (QED) is 0.816. The molecule has 2 aromatic rings. The van der Waals surface area contributed by atoms with E-state index in [-0.39, 0.29) is 5.60 Å².